The van der Waals surface area contributed by atoms with Gasteiger partial charge in [-0.1, -0.05) is 23.7 Å². The molecule has 2 heterocycles. The first-order valence-electron chi connectivity index (χ1n) is 11.9. The van der Waals surface area contributed by atoms with Crippen LogP contribution in [0.4, 0.5) is 5.82 Å². The maximum Gasteiger partial charge on any atom is 0.257 e. The van der Waals surface area contributed by atoms with Crippen molar-refractivity contribution in [3.05, 3.63) is 59.1 Å². The van der Waals surface area contributed by atoms with Crippen LogP contribution >= 0.6 is 11.6 Å². The monoisotopic (exact) mass is 513 g/mol. The van der Waals surface area contributed by atoms with Crippen LogP contribution in [-0.4, -0.2) is 62.7 Å². The van der Waals surface area contributed by atoms with Crippen molar-refractivity contribution in [3.63, 3.8) is 0 Å². The molecule has 3 aromatic rings. The molecule has 5 rings (SSSR count). The van der Waals surface area contributed by atoms with Crippen LogP contribution in [0.2, 0.25) is 5.02 Å². The molecule has 1 aliphatic heterocycles. The number of hydrogen-bond donors (Lipinski definition) is 0. The number of carbonyl (C=O) groups excluding carboxylic acids is 1. The van der Waals surface area contributed by atoms with E-state index in [4.69, 9.17) is 21.3 Å². The lowest BCUT2D eigenvalue weighted by Gasteiger charge is -2.36. The molecule has 0 bridgehead atoms. The molecular weight excluding hydrogens is 486 g/mol. The molecule has 1 saturated heterocycles. The van der Waals surface area contributed by atoms with Gasteiger partial charge < -0.3 is 14.5 Å². The predicted octanol–water partition coefficient (Wildman–Crippen LogP) is 4.58. The number of fused-ring (bicyclic) bond motifs is 1. The maximum absolute atomic E-state index is 13.5. The summed E-state index contributed by atoms with van der Waals surface area (Å²) in [5, 5.41) is 1.59. The molecule has 35 heavy (non-hydrogen) atoms. The Morgan fingerprint density at radius 3 is 2.49 bits per heavy atom. The Morgan fingerprint density at radius 2 is 1.77 bits per heavy atom. The van der Waals surface area contributed by atoms with Gasteiger partial charge in [0.15, 0.2) is 9.84 Å². The number of carbonyl (C=O) groups is 1. The van der Waals surface area contributed by atoms with Gasteiger partial charge in [-0.3, -0.25) is 4.79 Å². The average molecular weight is 514 g/mol. The zero-order valence-electron chi connectivity index (χ0n) is 19.6. The van der Waals surface area contributed by atoms with Crippen LogP contribution in [0.1, 0.15) is 36.0 Å². The van der Waals surface area contributed by atoms with Gasteiger partial charge in [0.1, 0.15) is 11.6 Å². The van der Waals surface area contributed by atoms with E-state index in [1.54, 1.807) is 11.0 Å². The number of halogens is 1. The van der Waals surface area contributed by atoms with Gasteiger partial charge in [-0.05, 0) is 62.1 Å². The Hall–Kier alpha value is -2.84. The zero-order valence-corrected chi connectivity index (χ0v) is 21.2. The van der Waals surface area contributed by atoms with Crippen molar-refractivity contribution >= 4 is 44.1 Å². The van der Waals surface area contributed by atoms with E-state index < -0.39 is 9.84 Å². The van der Waals surface area contributed by atoms with Crippen LogP contribution in [0.3, 0.4) is 0 Å². The number of aromatic nitrogens is 1. The zero-order chi connectivity index (χ0) is 24.6. The van der Waals surface area contributed by atoms with E-state index in [0.29, 0.717) is 42.5 Å². The van der Waals surface area contributed by atoms with Crippen molar-refractivity contribution in [2.75, 3.05) is 37.3 Å². The van der Waals surface area contributed by atoms with Gasteiger partial charge in [-0.25, -0.2) is 13.4 Å². The number of amides is 1. The number of piperazine rings is 1. The lowest BCUT2D eigenvalue weighted by molar-refractivity contribution is 0.0738. The molecule has 1 aromatic heterocycles. The lowest BCUT2D eigenvalue weighted by Crippen LogP contribution is -2.49. The Kier molecular flexibility index (Phi) is 6.59. The molecule has 7 nitrogen and oxygen atoms in total. The normalized spacial score (nSPS) is 17.2. The second-order valence-corrected chi connectivity index (χ2v) is 11.6. The highest BCUT2D eigenvalue weighted by atomic mass is 35.5. The number of sulfone groups is 1. The van der Waals surface area contributed by atoms with E-state index in [1.165, 1.54) is 12.1 Å². The van der Waals surface area contributed by atoms with Gasteiger partial charge in [-0.2, -0.15) is 0 Å². The van der Waals surface area contributed by atoms with Crippen molar-refractivity contribution in [2.24, 2.45) is 0 Å². The third-order valence-electron chi connectivity index (χ3n) is 6.75. The number of pyridine rings is 1. The van der Waals surface area contributed by atoms with E-state index in [1.807, 2.05) is 30.3 Å². The Labute approximate surface area is 210 Å². The van der Waals surface area contributed by atoms with Crippen LogP contribution in [0.25, 0.3) is 10.9 Å². The van der Waals surface area contributed by atoms with Crippen LogP contribution in [0.5, 0.6) is 5.75 Å². The number of hydrogen-bond acceptors (Lipinski definition) is 6. The van der Waals surface area contributed by atoms with Crippen LogP contribution in [0.15, 0.2) is 53.4 Å². The quantitative estimate of drug-likeness (QED) is 0.497. The summed E-state index contributed by atoms with van der Waals surface area (Å²) >= 11 is 6.33. The minimum absolute atomic E-state index is 0.0632. The third-order valence-corrected chi connectivity index (χ3v) is 8.17. The first-order valence-corrected chi connectivity index (χ1v) is 14.2. The van der Waals surface area contributed by atoms with Crippen molar-refractivity contribution < 1.29 is 17.9 Å². The highest BCUT2D eigenvalue weighted by molar-refractivity contribution is 7.90. The number of para-hydroxylation sites is 1. The molecule has 1 amide bonds. The summed E-state index contributed by atoms with van der Waals surface area (Å²) in [5.74, 6) is 1.07. The third kappa shape index (κ3) is 5.09. The second-order valence-electron chi connectivity index (χ2n) is 9.21. The van der Waals surface area contributed by atoms with E-state index in [-0.39, 0.29) is 16.9 Å². The van der Waals surface area contributed by atoms with Gasteiger partial charge in [0, 0.05) is 37.8 Å². The molecule has 0 atom stereocenters. The molecule has 9 heteroatoms. The molecule has 2 aromatic carbocycles. The first-order chi connectivity index (χ1) is 16.8. The van der Waals surface area contributed by atoms with Gasteiger partial charge in [0.05, 0.1) is 27.1 Å². The van der Waals surface area contributed by atoms with E-state index in [9.17, 15) is 13.2 Å². The summed E-state index contributed by atoms with van der Waals surface area (Å²) < 4.78 is 30.5. The molecular formula is C26H28ClN3O4S. The van der Waals surface area contributed by atoms with Gasteiger partial charge >= 0.3 is 0 Å². The molecule has 0 N–H and O–H groups in total. The van der Waals surface area contributed by atoms with Gasteiger partial charge in [0.2, 0.25) is 0 Å². The molecule has 1 saturated carbocycles. The van der Waals surface area contributed by atoms with Crippen molar-refractivity contribution in [1.29, 1.82) is 0 Å². The molecule has 2 fully saturated rings. The summed E-state index contributed by atoms with van der Waals surface area (Å²) in [6.07, 6.45) is 5.31. The van der Waals surface area contributed by atoms with E-state index in [2.05, 4.69) is 4.90 Å². The van der Waals surface area contributed by atoms with Crippen LogP contribution in [0, 0.1) is 0 Å². The van der Waals surface area contributed by atoms with Crippen LogP contribution in [-0.2, 0) is 9.84 Å². The lowest BCUT2D eigenvalue weighted by atomic mass is 10.1. The molecule has 0 unspecified atom stereocenters. The van der Waals surface area contributed by atoms with Crippen molar-refractivity contribution in [1.82, 2.24) is 9.88 Å². The summed E-state index contributed by atoms with van der Waals surface area (Å²) in [7, 11) is -3.45. The van der Waals surface area contributed by atoms with Crippen molar-refractivity contribution in [2.45, 2.75) is 36.7 Å². The molecule has 1 aliphatic carbocycles. The molecule has 0 spiro atoms. The summed E-state index contributed by atoms with van der Waals surface area (Å²) in [4.78, 5) is 22.3. The van der Waals surface area contributed by atoms with Crippen LogP contribution < -0.4 is 9.64 Å². The number of benzene rings is 2. The molecule has 184 valence electrons. The highest BCUT2D eigenvalue weighted by Gasteiger charge is 2.28. The molecule has 0 radical (unpaired) electrons. The van der Waals surface area contributed by atoms with E-state index >= 15 is 0 Å². The topological polar surface area (TPSA) is 79.8 Å². The average Bonchev–Trinajstić information content (AvgIpc) is 3.36. The Balaban J connectivity index is 1.35. The fourth-order valence-corrected chi connectivity index (χ4v) is 5.65. The first kappa shape index (κ1) is 23.9. The second kappa shape index (κ2) is 9.66. The van der Waals surface area contributed by atoms with E-state index in [0.717, 1.165) is 48.7 Å². The van der Waals surface area contributed by atoms with Gasteiger partial charge in [0.25, 0.3) is 5.91 Å². The predicted molar refractivity (Wildman–Crippen MR) is 137 cm³/mol. The number of rotatable bonds is 5. The summed E-state index contributed by atoms with van der Waals surface area (Å²) in [5.41, 5.74) is 1.07. The summed E-state index contributed by atoms with van der Waals surface area (Å²) in [6, 6.07) is 14.3. The fraction of sp³-hybridized carbons (Fsp3) is 0.385. The summed E-state index contributed by atoms with van der Waals surface area (Å²) in [6.45, 7) is 2.21. The smallest absolute Gasteiger partial charge is 0.257 e. The number of nitrogens with zero attached hydrogens (tertiary/aromatic N) is 3. The SMILES string of the molecule is CS(=O)(=O)c1ccc(OC2CCCC2)c(C(=O)N2CCN(c3ccc4cccc(Cl)c4n3)CC2)c1. The standard InChI is InChI=1S/C26H28ClN3O4S/c1-35(32,33)20-10-11-23(34-19-6-2-3-7-19)21(17-20)26(31)30-15-13-29(14-16-30)24-12-9-18-5-4-8-22(27)25(18)28-24/h4-5,8-12,17,19H,2-3,6-7,13-16H2,1H3. The maximum atomic E-state index is 13.5. The molecule has 2 aliphatic rings. The fourth-order valence-electron chi connectivity index (χ4n) is 4.78. The minimum atomic E-state index is -3.45. The number of anilines is 1. The van der Waals surface area contributed by atoms with Crippen molar-refractivity contribution in [3.8, 4) is 5.75 Å². The number of ether oxygens (including phenoxy) is 1. The Bertz CT molecular complexity index is 1360. The highest BCUT2D eigenvalue weighted by Crippen LogP contribution is 2.30. The minimum Gasteiger partial charge on any atom is -0.490 e. The Morgan fingerprint density at radius 1 is 1.03 bits per heavy atom. The largest absolute Gasteiger partial charge is 0.490 e. The van der Waals surface area contributed by atoms with Gasteiger partial charge in [-0.15, -0.1) is 0 Å².